The van der Waals surface area contributed by atoms with Crippen LogP contribution in [0.1, 0.15) is 50.3 Å². The van der Waals surface area contributed by atoms with Crippen LogP contribution in [0.4, 0.5) is 9.93 Å². The molecule has 1 aromatic heterocycles. The van der Waals surface area contributed by atoms with Crippen LogP contribution in [-0.2, 0) is 16.8 Å². The first kappa shape index (κ1) is 26.7. The van der Waals surface area contributed by atoms with Crippen LogP contribution < -0.4 is 10.6 Å². The van der Waals surface area contributed by atoms with Gasteiger partial charge >= 0.3 is 6.03 Å². The van der Waals surface area contributed by atoms with Gasteiger partial charge in [0.1, 0.15) is 0 Å². The highest BCUT2D eigenvalue weighted by molar-refractivity contribution is 7.86. The SMILES string of the molecule is CC1CCC(N(C(=O)Nc2ncc(CN3CCN(S(=O)(=O)N(C)C)CC3)s2)C2CCNCC2)CC1. The fraction of sp³-hybridized carbons (Fsp3) is 0.826. The van der Waals surface area contributed by atoms with Gasteiger partial charge in [-0.2, -0.15) is 17.0 Å². The third-order valence-electron chi connectivity index (χ3n) is 7.58. The van der Waals surface area contributed by atoms with E-state index < -0.39 is 10.2 Å². The van der Waals surface area contributed by atoms with Crippen molar-refractivity contribution in [2.75, 3.05) is 58.7 Å². The summed E-state index contributed by atoms with van der Waals surface area (Å²) in [6, 6.07) is 0.576. The number of hydrogen-bond acceptors (Lipinski definition) is 7. The molecule has 3 fully saturated rings. The minimum Gasteiger partial charge on any atom is -0.318 e. The highest BCUT2D eigenvalue weighted by Crippen LogP contribution is 2.31. The van der Waals surface area contributed by atoms with Crippen molar-refractivity contribution in [1.82, 2.24) is 28.7 Å². The number of nitrogens with one attached hydrogen (secondary N) is 2. The number of carbonyl (C=O) groups is 1. The van der Waals surface area contributed by atoms with Crippen LogP contribution in [0.25, 0.3) is 0 Å². The summed E-state index contributed by atoms with van der Waals surface area (Å²) >= 11 is 1.51. The van der Waals surface area contributed by atoms with Gasteiger partial charge in [0.05, 0.1) is 0 Å². The smallest absolute Gasteiger partial charge is 0.318 e. The van der Waals surface area contributed by atoms with E-state index in [0.29, 0.717) is 43.9 Å². The Kier molecular flexibility index (Phi) is 9.04. The lowest BCUT2D eigenvalue weighted by atomic mass is 9.85. The van der Waals surface area contributed by atoms with E-state index in [1.165, 1.54) is 32.8 Å². The van der Waals surface area contributed by atoms with Crippen LogP contribution >= 0.6 is 11.3 Å². The molecule has 0 bridgehead atoms. The van der Waals surface area contributed by atoms with Gasteiger partial charge in [-0.05, 0) is 57.5 Å². The van der Waals surface area contributed by atoms with Gasteiger partial charge in [-0.1, -0.05) is 6.92 Å². The maximum atomic E-state index is 13.5. The van der Waals surface area contributed by atoms with Gasteiger partial charge in [-0.15, -0.1) is 11.3 Å². The first-order valence-electron chi connectivity index (χ1n) is 12.9. The van der Waals surface area contributed by atoms with E-state index in [2.05, 4.69) is 32.3 Å². The van der Waals surface area contributed by atoms with Gasteiger partial charge in [0, 0.05) is 70.0 Å². The summed E-state index contributed by atoms with van der Waals surface area (Å²) in [6.07, 6.45) is 8.36. The Morgan fingerprint density at radius 1 is 1.09 bits per heavy atom. The van der Waals surface area contributed by atoms with Crippen molar-refractivity contribution in [3.05, 3.63) is 11.1 Å². The van der Waals surface area contributed by atoms with E-state index >= 15 is 0 Å². The van der Waals surface area contributed by atoms with Crippen molar-refractivity contribution in [3.8, 4) is 0 Å². The molecule has 0 unspecified atom stereocenters. The van der Waals surface area contributed by atoms with Gasteiger partial charge in [0.15, 0.2) is 5.13 Å². The first-order chi connectivity index (χ1) is 16.7. The average molecular weight is 528 g/mol. The standard InChI is InChI=1S/C23H41N7O3S2/c1-18-4-6-19(7-5-18)30(20-8-10-24-11-9-20)23(31)26-22-25-16-21(34-22)17-28-12-14-29(15-13-28)35(32,33)27(2)3/h16,18-20,24H,4-15,17H2,1-3H3,(H,25,26,31). The molecule has 2 aliphatic heterocycles. The van der Waals surface area contributed by atoms with E-state index in [1.54, 1.807) is 14.1 Å². The second-order valence-electron chi connectivity index (χ2n) is 10.3. The Balaban J connectivity index is 1.33. The maximum absolute atomic E-state index is 13.5. The fourth-order valence-corrected chi connectivity index (χ4v) is 7.33. The number of anilines is 1. The number of carbonyl (C=O) groups excluding carboxylic acids is 1. The topological polar surface area (TPSA) is 101 Å². The average Bonchev–Trinajstić information content (AvgIpc) is 3.28. The maximum Gasteiger partial charge on any atom is 0.324 e. The van der Waals surface area contributed by atoms with Crippen molar-refractivity contribution in [2.45, 2.75) is 64.1 Å². The molecule has 12 heteroatoms. The van der Waals surface area contributed by atoms with Crippen molar-refractivity contribution in [3.63, 3.8) is 0 Å². The predicted molar refractivity (Wildman–Crippen MR) is 140 cm³/mol. The summed E-state index contributed by atoms with van der Waals surface area (Å²) < 4.78 is 27.5. The molecular weight excluding hydrogens is 486 g/mol. The molecule has 2 amide bonds. The number of piperidine rings is 1. The van der Waals surface area contributed by atoms with Crippen LogP contribution in [-0.4, -0.2) is 103 Å². The first-order valence-corrected chi connectivity index (χ1v) is 15.1. The van der Waals surface area contributed by atoms with Crippen molar-refractivity contribution in [2.24, 2.45) is 5.92 Å². The number of aromatic nitrogens is 1. The summed E-state index contributed by atoms with van der Waals surface area (Å²) in [5.41, 5.74) is 0. The van der Waals surface area contributed by atoms with Crippen molar-refractivity contribution in [1.29, 1.82) is 0 Å². The zero-order chi connectivity index (χ0) is 25.0. The van der Waals surface area contributed by atoms with Gasteiger partial charge in [-0.25, -0.2) is 9.78 Å². The molecule has 10 nitrogen and oxygen atoms in total. The lowest BCUT2D eigenvalue weighted by Gasteiger charge is -2.42. The number of rotatable bonds is 7. The minimum absolute atomic E-state index is 0.0140. The largest absolute Gasteiger partial charge is 0.324 e. The van der Waals surface area contributed by atoms with Gasteiger partial charge in [0.2, 0.25) is 0 Å². The van der Waals surface area contributed by atoms with Gasteiger partial charge in [-0.3, -0.25) is 10.2 Å². The lowest BCUT2D eigenvalue weighted by molar-refractivity contribution is 0.108. The summed E-state index contributed by atoms with van der Waals surface area (Å²) in [6.45, 7) is 7.25. The van der Waals surface area contributed by atoms with Gasteiger partial charge in [0.25, 0.3) is 10.2 Å². The van der Waals surface area contributed by atoms with Crippen LogP contribution in [0, 0.1) is 5.92 Å². The molecular formula is C23H41N7O3S2. The molecule has 0 atom stereocenters. The molecule has 3 aliphatic rings. The quantitative estimate of drug-likeness (QED) is 0.564. The highest BCUT2D eigenvalue weighted by atomic mass is 32.2. The molecule has 0 radical (unpaired) electrons. The minimum atomic E-state index is -3.36. The van der Waals surface area contributed by atoms with E-state index in [1.807, 2.05) is 6.20 Å². The lowest BCUT2D eigenvalue weighted by Crippen LogP contribution is -2.53. The Hall–Kier alpha value is -1.31. The third-order valence-corrected chi connectivity index (χ3v) is 10.4. The van der Waals surface area contributed by atoms with Crippen molar-refractivity contribution < 1.29 is 13.2 Å². The Morgan fingerprint density at radius 3 is 2.34 bits per heavy atom. The molecule has 0 aromatic carbocycles. The van der Waals surface area contributed by atoms with Gasteiger partial charge < -0.3 is 10.2 Å². The zero-order valence-corrected chi connectivity index (χ0v) is 22.9. The highest BCUT2D eigenvalue weighted by Gasteiger charge is 2.34. The third kappa shape index (κ3) is 6.72. The second kappa shape index (κ2) is 11.8. The predicted octanol–water partition coefficient (Wildman–Crippen LogP) is 2.23. The summed E-state index contributed by atoms with van der Waals surface area (Å²) in [4.78, 5) is 23.4. The zero-order valence-electron chi connectivity index (χ0n) is 21.3. The summed E-state index contributed by atoms with van der Waals surface area (Å²) in [5.74, 6) is 0.746. The van der Waals surface area contributed by atoms with E-state index in [9.17, 15) is 13.2 Å². The Bertz CT molecular complexity index is 933. The molecule has 2 N–H and O–H groups in total. The number of hydrogen-bond donors (Lipinski definition) is 2. The molecule has 1 aliphatic carbocycles. The number of nitrogens with zero attached hydrogens (tertiary/aromatic N) is 5. The Morgan fingerprint density at radius 2 is 1.71 bits per heavy atom. The fourth-order valence-electron chi connectivity index (χ4n) is 5.40. The van der Waals surface area contributed by atoms with E-state index in [-0.39, 0.29) is 12.1 Å². The number of urea groups is 1. The van der Waals surface area contributed by atoms with Crippen LogP contribution in [0.2, 0.25) is 0 Å². The molecule has 35 heavy (non-hydrogen) atoms. The van der Waals surface area contributed by atoms with Crippen LogP contribution in [0.5, 0.6) is 0 Å². The Labute approximate surface area is 214 Å². The molecule has 2 saturated heterocycles. The molecule has 1 saturated carbocycles. The van der Waals surface area contributed by atoms with E-state index in [0.717, 1.165) is 49.6 Å². The number of piperazine rings is 1. The molecule has 1 aromatic rings. The monoisotopic (exact) mass is 527 g/mol. The summed E-state index contributed by atoms with van der Waals surface area (Å²) in [7, 11) is -0.231. The normalized spacial score (nSPS) is 25.6. The molecule has 3 heterocycles. The van der Waals surface area contributed by atoms with Crippen LogP contribution in [0.15, 0.2) is 6.20 Å². The number of amides is 2. The molecule has 4 rings (SSSR count). The van der Waals surface area contributed by atoms with Crippen LogP contribution in [0.3, 0.4) is 0 Å². The second-order valence-corrected chi connectivity index (χ2v) is 13.6. The number of thiazole rings is 1. The molecule has 0 spiro atoms. The van der Waals surface area contributed by atoms with E-state index in [4.69, 9.17) is 0 Å². The summed E-state index contributed by atoms with van der Waals surface area (Å²) in [5, 5.41) is 7.16. The molecule has 198 valence electrons. The van der Waals surface area contributed by atoms with Crippen molar-refractivity contribution >= 4 is 32.7 Å².